The monoisotopic (exact) mass is 367 g/mol. The molecule has 1 atom stereocenters. The molecule has 2 N–H and O–H groups in total. The van der Waals surface area contributed by atoms with Crippen LogP contribution in [0, 0.1) is 0 Å². The van der Waals surface area contributed by atoms with Gasteiger partial charge in [0.1, 0.15) is 11.5 Å². The molecule has 140 valence electrons. The lowest BCUT2D eigenvalue weighted by Crippen LogP contribution is -2.40. The summed E-state index contributed by atoms with van der Waals surface area (Å²) >= 11 is 0. The number of anilines is 2. The van der Waals surface area contributed by atoms with Gasteiger partial charge in [-0.2, -0.15) is 0 Å². The number of hydrogen-bond donors (Lipinski definition) is 2. The maximum atomic E-state index is 12.8. The van der Waals surface area contributed by atoms with Crippen molar-refractivity contribution in [3.05, 3.63) is 48.0 Å². The molecule has 0 radical (unpaired) electrons. The average molecular weight is 367 g/mol. The van der Waals surface area contributed by atoms with Gasteiger partial charge in [0.25, 0.3) is 0 Å². The summed E-state index contributed by atoms with van der Waals surface area (Å²) in [6.45, 7) is 0.811. The average Bonchev–Trinajstić information content (AvgIpc) is 3.25. The highest BCUT2D eigenvalue weighted by molar-refractivity contribution is 6.07. The predicted molar refractivity (Wildman–Crippen MR) is 102 cm³/mol. The second-order valence-corrected chi connectivity index (χ2v) is 6.75. The number of nitrogens with one attached hydrogen (secondary N) is 2. The van der Waals surface area contributed by atoms with Crippen molar-refractivity contribution in [2.45, 2.75) is 11.8 Å². The molecule has 7 nitrogen and oxygen atoms in total. The maximum Gasteiger partial charge on any atom is 0.321 e. The number of benzene rings is 2. The van der Waals surface area contributed by atoms with Gasteiger partial charge in [-0.05, 0) is 42.3 Å². The summed E-state index contributed by atoms with van der Waals surface area (Å²) in [6.07, 6.45) is 0.568. The third-order valence-corrected chi connectivity index (χ3v) is 5.33. The molecule has 2 heterocycles. The molecule has 0 unspecified atom stereocenters. The number of ether oxygens (including phenoxy) is 2. The Morgan fingerprint density at radius 1 is 1.19 bits per heavy atom. The molecule has 0 aliphatic carbocycles. The number of nitrogens with zero attached hydrogens (tertiary/aromatic N) is 1. The Labute approximate surface area is 157 Å². The fraction of sp³-hybridized carbons (Fsp3) is 0.300. The van der Waals surface area contributed by atoms with Crippen molar-refractivity contribution in [1.29, 1.82) is 0 Å². The highest BCUT2D eigenvalue weighted by Crippen LogP contribution is 2.45. The normalized spacial score (nSPS) is 20.4. The molecule has 1 fully saturated rings. The van der Waals surface area contributed by atoms with E-state index in [2.05, 4.69) is 10.6 Å². The van der Waals surface area contributed by atoms with E-state index in [1.165, 1.54) is 0 Å². The number of fused-ring (bicyclic) bond motifs is 2. The number of amides is 3. The predicted octanol–water partition coefficient (Wildman–Crippen LogP) is 2.83. The van der Waals surface area contributed by atoms with Crippen LogP contribution in [0.4, 0.5) is 16.2 Å². The molecule has 1 spiro atoms. The van der Waals surface area contributed by atoms with Crippen LogP contribution in [0.2, 0.25) is 0 Å². The van der Waals surface area contributed by atoms with E-state index in [9.17, 15) is 9.59 Å². The van der Waals surface area contributed by atoms with Gasteiger partial charge in [0.2, 0.25) is 5.91 Å². The van der Waals surface area contributed by atoms with Gasteiger partial charge in [0.15, 0.2) is 0 Å². The Kier molecular flexibility index (Phi) is 4.14. The van der Waals surface area contributed by atoms with Gasteiger partial charge < -0.3 is 25.0 Å². The van der Waals surface area contributed by atoms with Crippen LogP contribution in [0.3, 0.4) is 0 Å². The number of likely N-dealkylation sites (tertiary alicyclic amines) is 1. The molecule has 2 aromatic carbocycles. The van der Waals surface area contributed by atoms with E-state index >= 15 is 0 Å². The number of urea groups is 1. The summed E-state index contributed by atoms with van der Waals surface area (Å²) < 4.78 is 10.6. The molecule has 27 heavy (non-hydrogen) atoms. The molecule has 7 heteroatoms. The number of hydrogen-bond acceptors (Lipinski definition) is 4. The second kappa shape index (κ2) is 6.50. The first-order chi connectivity index (χ1) is 13.1. The van der Waals surface area contributed by atoms with Gasteiger partial charge in [-0.15, -0.1) is 0 Å². The molecule has 3 amide bonds. The van der Waals surface area contributed by atoms with Gasteiger partial charge in [-0.3, -0.25) is 4.79 Å². The van der Waals surface area contributed by atoms with Crippen LogP contribution in [0.1, 0.15) is 12.0 Å². The van der Waals surface area contributed by atoms with E-state index in [1.807, 2.05) is 30.3 Å². The zero-order valence-corrected chi connectivity index (χ0v) is 15.2. The van der Waals surface area contributed by atoms with Crippen molar-refractivity contribution in [2.24, 2.45) is 0 Å². The topological polar surface area (TPSA) is 79.9 Å². The summed E-state index contributed by atoms with van der Waals surface area (Å²) in [7, 11) is 3.16. The van der Waals surface area contributed by atoms with Crippen LogP contribution in [0.25, 0.3) is 0 Å². The molecule has 0 bridgehead atoms. The lowest BCUT2D eigenvalue weighted by molar-refractivity contribution is -0.120. The highest BCUT2D eigenvalue weighted by Gasteiger charge is 2.52. The zero-order valence-electron chi connectivity index (χ0n) is 15.2. The van der Waals surface area contributed by atoms with E-state index < -0.39 is 5.41 Å². The summed E-state index contributed by atoms with van der Waals surface area (Å²) in [6, 6.07) is 12.5. The number of methoxy groups -OCH3 is 2. The zero-order chi connectivity index (χ0) is 19.0. The summed E-state index contributed by atoms with van der Waals surface area (Å²) in [5.41, 5.74) is 1.54. The van der Waals surface area contributed by atoms with Crippen molar-refractivity contribution >= 4 is 23.3 Å². The molecule has 2 aliphatic rings. The standard InChI is InChI=1S/C20H21N3O4/c1-26-13-7-8-15-14(11-13)20(18(24)21-15)9-10-23(12-20)19(25)22-16-5-3-4-6-17(16)27-2/h3-8,11H,9-10,12H2,1-2H3,(H,21,24)(H,22,25)/t20-/m0/s1. The van der Waals surface area contributed by atoms with E-state index in [0.717, 1.165) is 11.3 Å². The van der Waals surface area contributed by atoms with Gasteiger partial charge in [0, 0.05) is 18.8 Å². The Hall–Kier alpha value is -3.22. The van der Waals surface area contributed by atoms with Crippen molar-refractivity contribution in [3.8, 4) is 11.5 Å². The van der Waals surface area contributed by atoms with E-state index in [4.69, 9.17) is 9.47 Å². The molecule has 2 aromatic rings. The van der Waals surface area contributed by atoms with Crippen molar-refractivity contribution in [1.82, 2.24) is 4.90 Å². The SMILES string of the molecule is COc1ccc2c(c1)[C@@]1(CCN(C(=O)Nc3ccccc3OC)C1)C(=O)N2. The van der Waals surface area contributed by atoms with Crippen molar-refractivity contribution < 1.29 is 19.1 Å². The van der Waals surface area contributed by atoms with Gasteiger partial charge in [0.05, 0.1) is 25.3 Å². The minimum absolute atomic E-state index is 0.0710. The van der Waals surface area contributed by atoms with Gasteiger partial charge in [-0.25, -0.2) is 4.79 Å². The van der Waals surface area contributed by atoms with Crippen molar-refractivity contribution in [2.75, 3.05) is 37.9 Å². The lowest BCUT2D eigenvalue weighted by Gasteiger charge is -2.23. The molecular weight excluding hydrogens is 346 g/mol. The van der Waals surface area contributed by atoms with E-state index in [0.29, 0.717) is 36.7 Å². The Balaban J connectivity index is 1.57. The Morgan fingerprint density at radius 2 is 2.00 bits per heavy atom. The van der Waals surface area contributed by atoms with Crippen molar-refractivity contribution in [3.63, 3.8) is 0 Å². The van der Waals surface area contributed by atoms with E-state index in [-0.39, 0.29) is 11.9 Å². The first kappa shape index (κ1) is 17.2. The molecule has 0 aromatic heterocycles. The largest absolute Gasteiger partial charge is 0.497 e. The number of carbonyl (C=O) groups is 2. The summed E-state index contributed by atoms with van der Waals surface area (Å²) in [4.78, 5) is 27.2. The van der Waals surface area contributed by atoms with Crippen LogP contribution in [0.15, 0.2) is 42.5 Å². The van der Waals surface area contributed by atoms with Crippen LogP contribution in [-0.2, 0) is 10.2 Å². The summed E-state index contributed by atoms with van der Waals surface area (Å²) in [5, 5.41) is 5.81. The number of rotatable bonds is 3. The minimum Gasteiger partial charge on any atom is -0.497 e. The smallest absolute Gasteiger partial charge is 0.321 e. The third kappa shape index (κ3) is 2.75. The maximum absolute atomic E-state index is 12.8. The Bertz CT molecular complexity index is 914. The fourth-order valence-corrected chi connectivity index (χ4v) is 3.85. The van der Waals surface area contributed by atoms with Crippen LogP contribution in [0.5, 0.6) is 11.5 Å². The first-order valence-electron chi connectivity index (χ1n) is 8.76. The fourth-order valence-electron chi connectivity index (χ4n) is 3.85. The quantitative estimate of drug-likeness (QED) is 0.874. The molecule has 4 rings (SSSR count). The minimum atomic E-state index is -0.734. The van der Waals surface area contributed by atoms with Gasteiger partial charge >= 0.3 is 6.03 Å². The third-order valence-electron chi connectivity index (χ3n) is 5.33. The Morgan fingerprint density at radius 3 is 2.78 bits per heavy atom. The van der Waals surface area contributed by atoms with Crippen LogP contribution < -0.4 is 20.1 Å². The lowest BCUT2D eigenvalue weighted by atomic mass is 9.81. The van der Waals surface area contributed by atoms with Crippen LogP contribution >= 0.6 is 0 Å². The van der Waals surface area contributed by atoms with Gasteiger partial charge in [-0.1, -0.05) is 12.1 Å². The highest BCUT2D eigenvalue weighted by atomic mass is 16.5. The number of para-hydroxylation sites is 2. The molecule has 1 saturated heterocycles. The molecule has 0 saturated carbocycles. The first-order valence-corrected chi connectivity index (χ1v) is 8.76. The second-order valence-electron chi connectivity index (χ2n) is 6.75. The summed E-state index contributed by atoms with van der Waals surface area (Å²) in [5.74, 6) is 1.22. The molecule has 2 aliphatic heterocycles. The van der Waals surface area contributed by atoms with E-state index in [1.54, 1.807) is 31.3 Å². The van der Waals surface area contributed by atoms with Crippen LogP contribution in [-0.4, -0.2) is 44.1 Å². The number of carbonyl (C=O) groups excluding carboxylic acids is 2. The molecular formula is C20H21N3O4.